The molecule has 1 atom stereocenters. The Morgan fingerprint density at radius 3 is 1.41 bits per heavy atom. The molecule has 0 aromatic rings. The molecule has 224 valence electrons. The van der Waals surface area contributed by atoms with E-state index in [9.17, 15) is 39.3 Å². The van der Waals surface area contributed by atoms with E-state index >= 15 is 0 Å². The van der Waals surface area contributed by atoms with Gasteiger partial charge in [0.25, 0.3) is 0 Å². The molecule has 0 spiro atoms. The summed E-state index contributed by atoms with van der Waals surface area (Å²) in [6.07, 6.45) is 1.77. The zero-order valence-corrected chi connectivity index (χ0v) is 22.8. The molecule has 0 radical (unpaired) electrons. The molecular formula is C24H45N7O8. The maximum atomic E-state index is 12.6. The maximum absolute atomic E-state index is 12.6. The fourth-order valence-corrected chi connectivity index (χ4v) is 4.10. The molecule has 1 heterocycles. The van der Waals surface area contributed by atoms with Crippen LogP contribution in [-0.4, -0.2) is 162 Å². The van der Waals surface area contributed by atoms with Crippen LogP contribution < -0.4 is 16.4 Å². The van der Waals surface area contributed by atoms with E-state index in [1.54, 1.807) is 14.7 Å². The monoisotopic (exact) mass is 559 g/mol. The third-order valence-electron chi connectivity index (χ3n) is 6.27. The van der Waals surface area contributed by atoms with E-state index in [1.807, 2.05) is 11.8 Å². The molecule has 1 aliphatic rings. The smallest absolute Gasteiger partial charge is 0.317 e. The zero-order valence-electron chi connectivity index (χ0n) is 22.8. The Hall–Kier alpha value is -2.85. The molecule has 1 rings (SSSR count). The first-order valence-electron chi connectivity index (χ1n) is 13.3. The molecule has 0 saturated carbocycles. The van der Waals surface area contributed by atoms with Crippen molar-refractivity contribution in [3.8, 4) is 0 Å². The Labute approximate surface area is 229 Å². The van der Waals surface area contributed by atoms with Gasteiger partial charge in [0.2, 0.25) is 11.8 Å². The van der Waals surface area contributed by atoms with Crippen molar-refractivity contribution >= 4 is 29.7 Å². The highest BCUT2D eigenvalue weighted by Gasteiger charge is 2.21. The number of carbonyl (C=O) groups excluding carboxylic acids is 2. The molecule has 0 aromatic heterocycles. The van der Waals surface area contributed by atoms with Gasteiger partial charge >= 0.3 is 17.9 Å². The SMILES string of the molecule is CCCNC(=O)[C@H](N)CCCNC(=O)CN1CCN(CC(=O)O)CCN(CC(=O)O)CCN(CC(=O)O)CC1. The first-order valence-corrected chi connectivity index (χ1v) is 13.3. The molecule has 0 unspecified atom stereocenters. The highest BCUT2D eigenvalue weighted by Crippen LogP contribution is 2.02. The van der Waals surface area contributed by atoms with Crippen molar-refractivity contribution in [1.29, 1.82) is 0 Å². The number of rotatable bonds is 15. The van der Waals surface area contributed by atoms with Gasteiger partial charge in [-0.2, -0.15) is 0 Å². The molecule has 1 saturated heterocycles. The second-order valence-corrected chi connectivity index (χ2v) is 9.68. The van der Waals surface area contributed by atoms with Crippen molar-refractivity contribution in [3.63, 3.8) is 0 Å². The molecule has 7 N–H and O–H groups in total. The van der Waals surface area contributed by atoms with Gasteiger partial charge in [-0.1, -0.05) is 6.92 Å². The summed E-state index contributed by atoms with van der Waals surface area (Å²) >= 11 is 0. The van der Waals surface area contributed by atoms with Gasteiger partial charge in [0.15, 0.2) is 0 Å². The van der Waals surface area contributed by atoms with E-state index in [2.05, 4.69) is 10.6 Å². The third kappa shape index (κ3) is 16.7. The van der Waals surface area contributed by atoms with Gasteiger partial charge in [-0.15, -0.1) is 0 Å². The second kappa shape index (κ2) is 19.2. The largest absolute Gasteiger partial charge is 0.480 e. The lowest BCUT2D eigenvalue weighted by Gasteiger charge is -2.32. The van der Waals surface area contributed by atoms with Crippen LogP contribution in [0.25, 0.3) is 0 Å². The summed E-state index contributed by atoms with van der Waals surface area (Å²) in [4.78, 5) is 65.4. The Kier molecular flexibility index (Phi) is 16.9. The van der Waals surface area contributed by atoms with E-state index in [0.717, 1.165) is 6.42 Å². The number of carbonyl (C=O) groups is 5. The third-order valence-corrected chi connectivity index (χ3v) is 6.27. The number of hydrogen-bond acceptors (Lipinski definition) is 10. The number of amides is 2. The van der Waals surface area contributed by atoms with Crippen LogP contribution in [0.2, 0.25) is 0 Å². The number of hydrogen-bond donors (Lipinski definition) is 6. The molecule has 1 fully saturated rings. The standard InChI is InChI=1S/C24H45N7O8/c1-2-5-27-24(39)19(25)4-3-6-26-20(32)15-28-7-9-29(16-21(33)34)11-13-31(18-23(37)38)14-12-30(10-8-28)17-22(35)36/h19H,2-18,25H2,1H3,(H,26,32)(H,27,39)(H,33,34)(H,35,36)(H,37,38)/t19-/m1/s1. The van der Waals surface area contributed by atoms with Gasteiger partial charge in [0.05, 0.1) is 32.2 Å². The number of nitrogens with zero attached hydrogens (tertiary/aromatic N) is 4. The number of aliphatic carboxylic acids is 3. The van der Waals surface area contributed by atoms with E-state index in [-0.39, 0.29) is 38.0 Å². The first kappa shape index (κ1) is 34.2. The van der Waals surface area contributed by atoms with Crippen LogP contribution in [0.15, 0.2) is 0 Å². The zero-order chi connectivity index (χ0) is 29.2. The fourth-order valence-electron chi connectivity index (χ4n) is 4.10. The van der Waals surface area contributed by atoms with E-state index < -0.39 is 23.9 Å². The fraction of sp³-hybridized carbons (Fsp3) is 0.792. The lowest BCUT2D eigenvalue weighted by Crippen LogP contribution is -2.49. The summed E-state index contributed by atoms with van der Waals surface area (Å²) in [6, 6.07) is -0.643. The number of carboxylic acid groups (broad SMARTS) is 3. The molecule has 0 bridgehead atoms. The van der Waals surface area contributed by atoms with Crippen LogP contribution in [0.5, 0.6) is 0 Å². The molecule has 15 nitrogen and oxygen atoms in total. The summed E-state index contributed by atoms with van der Waals surface area (Å²) in [7, 11) is 0. The highest BCUT2D eigenvalue weighted by atomic mass is 16.4. The summed E-state index contributed by atoms with van der Waals surface area (Å²) < 4.78 is 0. The second-order valence-electron chi connectivity index (χ2n) is 9.68. The minimum absolute atomic E-state index is 0.0377. The number of carboxylic acids is 3. The molecule has 0 aromatic carbocycles. The first-order chi connectivity index (χ1) is 18.5. The molecule has 2 amide bonds. The van der Waals surface area contributed by atoms with Gasteiger partial charge in [0.1, 0.15) is 0 Å². The average molecular weight is 560 g/mol. The predicted molar refractivity (Wildman–Crippen MR) is 142 cm³/mol. The van der Waals surface area contributed by atoms with E-state index in [1.165, 1.54) is 0 Å². The summed E-state index contributed by atoms with van der Waals surface area (Å²) in [5.41, 5.74) is 5.88. The summed E-state index contributed by atoms with van der Waals surface area (Å²) in [6.45, 7) is 4.84. The molecular weight excluding hydrogens is 514 g/mol. The average Bonchev–Trinajstić information content (AvgIpc) is 2.85. The van der Waals surface area contributed by atoms with Gasteiger partial charge < -0.3 is 31.7 Å². The van der Waals surface area contributed by atoms with Crippen molar-refractivity contribution in [2.75, 3.05) is 91.6 Å². The van der Waals surface area contributed by atoms with Crippen LogP contribution in [-0.2, 0) is 24.0 Å². The minimum atomic E-state index is -1.02. The maximum Gasteiger partial charge on any atom is 0.317 e. The van der Waals surface area contributed by atoms with Gasteiger partial charge in [-0.25, -0.2) is 0 Å². The Morgan fingerprint density at radius 2 is 1.05 bits per heavy atom. The lowest BCUT2D eigenvalue weighted by molar-refractivity contribution is -0.140. The lowest BCUT2D eigenvalue weighted by atomic mass is 10.1. The van der Waals surface area contributed by atoms with E-state index in [4.69, 9.17) is 5.73 Å². The number of nitrogens with two attached hydrogens (primary N) is 1. The van der Waals surface area contributed by atoms with Crippen LogP contribution in [0.4, 0.5) is 0 Å². The van der Waals surface area contributed by atoms with Crippen LogP contribution in [0.1, 0.15) is 26.2 Å². The molecule has 0 aliphatic carbocycles. The Morgan fingerprint density at radius 1 is 0.667 bits per heavy atom. The predicted octanol–water partition coefficient (Wildman–Crippen LogP) is -2.79. The van der Waals surface area contributed by atoms with Crippen LogP contribution >= 0.6 is 0 Å². The Bertz CT molecular complexity index is 768. The number of nitrogens with one attached hydrogen (secondary N) is 2. The van der Waals surface area contributed by atoms with Crippen molar-refractivity contribution in [2.24, 2.45) is 5.73 Å². The van der Waals surface area contributed by atoms with E-state index in [0.29, 0.717) is 78.3 Å². The Balaban J connectivity index is 2.75. The summed E-state index contributed by atoms with van der Waals surface area (Å²) in [5, 5.41) is 33.4. The van der Waals surface area contributed by atoms with Crippen molar-refractivity contribution in [1.82, 2.24) is 30.2 Å². The van der Waals surface area contributed by atoms with Crippen molar-refractivity contribution in [2.45, 2.75) is 32.2 Å². The van der Waals surface area contributed by atoms with Crippen LogP contribution in [0, 0.1) is 0 Å². The quantitative estimate of drug-likeness (QED) is 0.112. The van der Waals surface area contributed by atoms with Gasteiger partial charge in [0, 0.05) is 65.4 Å². The van der Waals surface area contributed by atoms with Crippen molar-refractivity contribution in [3.05, 3.63) is 0 Å². The van der Waals surface area contributed by atoms with Gasteiger partial charge in [-0.05, 0) is 19.3 Å². The highest BCUT2D eigenvalue weighted by molar-refractivity contribution is 5.81. The summed E-state index contributed by atoms with van der Waals surface area (Å²) in [5.74, 6) is -3.50. The normalized spacial score (nSPS) is 17.9. The van der Waals surface area contributed by atoms with Gasteiger partial charge in [-0.3, -0.25) is 43.6 Å². The molecule has 39 heavy (non-hydrogen) atoms. The topological polar surface area (TPSA) is 209 Å². The van der Waals surface area contributed by atoms with Crippen molar-refractivity contribution < 1.29 is 39.3 Å². The minimum Gasteiger partial charge on any atom is -0.480 e. The molecule has 15 heteroatoms. The molecule has 1 aliphatic heterocycles. The van der Waals surface area contributed by atoms with Crippen LogP contribution in [0.3, 0.4) is 0 Å².